The van der Waals surface area contributed by atoms with Crippen LogP contribution in [0.5, 0.6) is 0 Å². The van der Waals surface area contributed by atoms with Crippen molar-refractivity contribution in [1.82, 2.24) is 20.9 Å². The Labute approximate surface area is 191 Å². The Kier molecular flexibility index (Phi) is 9.37. The third-order valence-electron chi connectivity index (χ3n) is 5.94. The Balaban J connectivity index is 1.74. The van der Waals surface area contributed by atoms with Gasteiger partial charge in [-0.25, -0.2) is 4.79 Å². The average Bonchev–Trinajstić information content (AvgIpc) is 3.03. The van der Waals surface area contributed by atoms with Gasteiger partial charge in [-0.05, 0) is 44.9 Å². The molecule has 2 rings (SSSR count). The number of hydrogen-bond acceptors (Lipinski definition) is 6. The molecule has 33 heavy (non-hydrogen) atoms. The summed E-state index contributed by atoms with van der Waals surface area (Å²) in [5.41, 5.74) is 9.14. The first-order valence-corrected chi connectivity index (χ1v) is 11.1. The monoisotopic (exact) mass is 464 g/mol. The second-order valence-corrected chi connectivity index (χ2v) is 8.28. The van der Waals surface area contributed by atoms with Gasteiger partial charge >= 0.3 is 6.03 Å². The molecule has 0 spiro atoms. The highest BCUT2D eigenvalue weighted by molar-refractivity contribution is 6.12. The van der Waals surface area contributed by atoms with E-state index in [-0.39, 0.29) is 30.7 Å². The van der Waals surface area contributed by atoms with Crippen LogP contribution in [0.2, 0.25) is 0 Å². The third kappa shape index (κ3) is 7.02. The largest absolute Gasteiger partial charge is 0.368 e. The lowest BCUT2D eigenvalue weighted by atomic mass is 9.67. The minimum Gasteiger partial charge on any atom is -0.368 e. The minimum atomic E-state index is -1.22. The van der Waals surface area contributed by atoms with Crippen LogP contribution in [0, 0.1) is 5.41 Å². The molecule has 7 N–H and O–H groups in total. The molecule has 1 saturated carbocycles. The highest BCUT2D eigenvalue weighted by atomic mass is 16.2. The van der Waals surface area contributed by atoms with Gasteiger partial charge < -0.3 is 27.4 Å². The fraction of sp³-hybridized carbons (Fsp3) is 0.619. The molecule has 1 heterocycles. The molecule has 0 bridgehead atoms. The fourth-order valence-electron chi connectivity index (χ4n) is 3.78. The number of amides is 7. The van der Waals surface area contributed by atoms with Crippen molar-refractivity contribution in [3.05, 3.63) is 12.2 Å². The molecule has 2 aliphatic rings. The Morgan fingerprint density at radius 3 is 2.09 bits per heavy atom. The zero-order chi connectivity index (χ0) is 24.4. The first-order valence-electron chi connectivity index (χ1n) is 11.1. The summed E-state index contributed by atoms with van der Waals surface area (Å²) in [5, 5.41) is 7.76. The molecular weight excluding hydrogens is 432 g/mol. The lowest BCUT2D eigenvalue weighted by molar-refractivity contribution is -0.151. The van der Waals surface area contributed by atoms with E-state index >= 15 is 0 Å². The van der Waals surface area contributed by atoms with Gasteiger partial charge in [-0.3, -0.25) is 28.9 Å². The van der Waals surface area contributed by atoms with Crippen molar-refractivity contribution in [2.75, 3.05) is 19.6 Å². The summed E-state index contributed by atoms with van der Waals surface area (Å²) in [7, 11) is 0. The number of primary amides is 2. The number of urea groups is 1. The Bertz CT molecular complexity index is 804. The van der Waals surface area contributed by atoms with E-state index in [2.05, 4.69) is 16.0 Å². The lowest BCUT2D eigenvalue weighted by Crippen LogP contribution is -2.58. The van der Waals surface area contributed by atoms with Gasteiger partial charge in [-0.15, -0.1) is 0 Å². The van der Waals surface area contributed by atoms with E-state index in [9.17, 15) is 28.8 Å². The molecule has 0 saturated heterocycles. The van der Waals surface area contributed by atoms with Crippen LogP contribution in [0.3, 0.4) is 0 Å². The number of nitrogens with two attached hydrogens (primary N) is 2. The van der Waals surface area contributed by atoms with Crippen molar-refractivity contribution < 1.29 is 28.8 Å². The Morgan fingerprint density at radius 2 is 1.55 bits per heavy atom. The summed E-state index contributed by atoms with van der Waals surface area (Å²) < 4.78 is 0. The van der Waals surface area contributed by atoms with E-state index in [1.54, 1.807) is 0 Å². The van der Waals surface area contributed by atoms with Crippen LogP contribution >= 0.6 is 0 Å². The van der Waals surface area contributed by atoms with E-state index < -0.39 is 29.3 Å². The van der Waals surface area contributed by atoms with E-state index in [0.29, 0.717) is 51.6 Å². The van der Waals surface area contributed by atoms with Crippen LogP contribution in [-0.2, 0) is 24.0 Å². The van der Waals surface area contributed by atoms with Crippen LogP contribution in [0.15, 0.2) is 12.2 Å². The van der Waals surface area contributed by atoms with E-state index in [1.807, 2.05) is 0 Å². The van der Waals surface area contributed by atoms with Crippen LogP contribution in [0.4, 0.5) is 4.79 Å². The number of unbranched alkanes of at least 4 members (excludes halogenated alkanes) is 2. The molecule has 12 heteroatoms. The summed E-state index contributed by atoms with van der Waals surface area (Å²) in [5.74, 6) is -2.27. The quantitative estimate of drug-likeness (QED) is 0.121. The minimum absolute atomic E-state index is 0.205. The topological polar surface area (TPSA) is 194 Å². The van der Waals surface area contributed by atoms with Gasteiger partial charge in [0.2, 0.25) is 17.7 Å². The van der Waals surface area contributed by atoms with Crippen molar-refractivity contribution in [2.45, 2.75) is 57.4 Å². The summed E-state index contributed by atoms with van der Waals surface area (Å²) in [6.07, 6.45) is 6.49. The van der Waals surface area contributed by atoms with Gasteiger partial charge in [0.05, 0.1) is 0 Å². The number of carbonyl (C=O) groups is 6. The summed E-state index contributed by atoms with van der Waals surface area (Å²) in [6, 6.07) is -1.64. The molecule has 0 radical (unpaired) electrons. The van der Waals surface area contributed by atoms with Crippen molar-refractivity contribution >= 4 is 35.6 Å². The number of carbonyl (C=O) groups excluding carboxylic acids is 6. The predicted molar refractivity (Wildman–Crippen MR) is 117 cm³/mol. The molecule has 0 unspecified atom stereocenters. The number of hydrogen-bond donors (Lipinski definition) is 5. The highest BCUT2D eigenvalue weighted by Crippen LogP contribution is 2.41. The highest BCUT2D eigenvalue weighted by Gasteiger charge is 2.51. The van der Waals surface area contributed by atoms with Crippen LogP contribution in [-0.4, -0.2) is 66.1 Å². The molecule has 0 aromatic heterocycles. The maximum Gasteiger partial charge on any atom is 0.312 e. The van der Waals surface area contributed by atoms with Crippen molar-refractivity contribution in [2.24, 2.45) is 16.9 Å². The maximum absolute atomic E-state index is 12.8. The predicted octanol–water partition coefficient (Wildman–Crippen LogP) is -1.21. The first kappa shape index (κ1) is 25.8. The van der Waals surface area contributed by atoms with Crippen LogP contribution < -0.4 is 27.4 Å². The van der Waals surface area contributed by atoms with E-state index in [1.165, 1.54) is 17.1 Å². The molecule has 7 amide bonds. The Morgan fingerprint density at radius 1 is 0.909 bits per heavy atom. The molecule has 1 atom stereocenters. The first-order chi connectivity index (χ1) is 15.7. The second kappa shape index (κ2) is 12.0. The maximum atomic E-state index is 12.8. The third-order valence-corrected chi connectivity index (χ3v) is 5.94. The molecule has 182 valence electrons. The number of imide groups is 1. The zero-order valence-corrected chi connectivity index (χ0v) is 18.6. The second-order valence-electron chi connectivity index (χ2n) is 8.28. The van der Waals surface area contributed by atoms with Crippen LogP contribution in [0.25, 0.3) is 0 Å². The van der Waals surface area contributed by atoms with Gasteiger partial charge in [0.25, 0.3) is 11.8 Å². The molecule has 0 aromatic rings. The molecule has 0 aromatic carbocycles. The lowest BCUT2D eigenvalue weighted by Gasteiger charge is -2.39. The summed E-state index contributed by atoms with van der Waals surface area (Å²) in [6.45, 7) is 0.914. The molecular formula is C21H32N6O6. The van der Waals surface area contributed by atoms with Crippen LogP contribution in [0.1, 0.15) is 51.4 Å². The number of rotatable bonds is 14. The SMILES string of the molecule is NC(=O)NCCC[C@H](NC(=O)C1(C(=O)NCCCCCN2C(=O)C=CC2=O)CCC1)C(N)=O. The van der Waals surface area contributed by atoms with Crippen molar-refractivity contribution in [3.8, 4) is 0 Å². The standard InChI is InChI=1S/C21H32N6O6/c22-17(30)14(6-4-12-25-20(23)33)26-19(32)21(9-5-10-21)18(31)24-11-2-1-3-13-27-15(28)7-8-16(27)29/h7-8,14H,1-6,9-13H2,(H2,22,30)(H,24,31)(H,26,32)(H3,23,25,33)/t14-/m0/s1. The zero-order valence-electron chi connectivity index (χ0n) is 18.6. The number of nitrogens with one attached hydrogen (secondary N) is 3. The summed E-state index contributed by atoms with van der Waals surface area (Å²) in [4.78, 5) is 72.2. The van der Waals surface area contributed by atoms with Gasteiger partial charge in [-0.2, -0.15) is 0 Å². The number of nitrogens with zero attached hydrogens (tertiary/aromatic N) is 1. The smallest absolute Gasteiger partial charge is 0.312 e. The van der Waals surface area contributed by atoms with Gasteiger partial charge in [0, 0.05) is 31.8 Å². The van der Waals surface area contributed by atoms with Gasteiger partial charge in [0.15, 0.2) is 0 Å². The van der Waals surface area contributed by atoms with E-state index in [0.717, 1.165) is 6.42 Å². The normalized spacial score (nSPS) is 17.3. The van der Waals surface area contributed by atoms with Gasteiger partial charge in [0.1, 0.15) is 11.5 Å². The van der Waals surface area contributed by atoms with Crippen molar-refractivity contribution in [1.29, 1.82) is 0 Å². The molecule has 1 fully saturated rings. The van der Waals surface area contributed by atoms with Crippen molar-refractivity contribution in [3.63, 3.8) is 0 Å². The molecule has 1 aliphatic carbocycles. The average molecular weight is 465 g/mol. The molecule has 1 aliphatic heterocycles. The van der Waals surface area contributed by atoms with Gasteiger partial charge in [-0.1, -0.05) is 6.42 Å². The molecule has 12 nitrogen and oxygen atoms in total. The van der Waals surface area contributed by atoms with E-state index in [4.69, 9.17) is 11.5 Å². The Hall–Kier alpha value is -3.44. The fourth-order valence-corrected chi connectivity index (χ4v) is 3.78. The summed E-state index contributed by atoms with van der Waals surface area (Å²) >= 11 is 0.